The monoisotopic (exact) mass is 146 g/mol. The number of amides is 1. The average Bonchev–Trinajstić information content (AvgIpc) is 1.85. The van der Waals surface area contributed by atoms with E-state index in [2.05, 4.69) is 10.1 Å². The molecular formula is C5H8NO4. The van der Waals surface area contributed by atoms with Gasteiger partial charge in [0, 0.05) is 6.54 Å². The first-order valence-corrected chi connectivity index (χ1v) is 2.77. The van der Waals surface area contributed by atoms with E-state index in [-0.39, 0.29) is 0 Å². The lowest BCUT2D eigenvalue weighted by molar-refractivity contribution is -0.146. The Bertz CT molecular complexity index is 134. The molecule has 57 valence electrons. The van der Waals surface area contributed by atoms with Crippen LogP contribution in [0.2, 0.25) is 0 Å². The van der Waals surface area contributed by atoms with Gasteiger partial charge in [0.2, 0.25) is 0 Å². The summed E-state index contributed by atoms with van der Waals surface area (Å²) in [6.45, 7) is 1.40. The summed E-state index contributed by atoms with van der Waals surface area (Å²) in [7, 11) is 0. The maximum absolute atomic E-state index is 10.3. The maximum atomic E-state index is 10.3. The SMILES string of the molecule is CCNC(=O)OCC([O])=O. The van der Waals surface area contributed by atoms with Gasteiger partial charge in [-0.25, -0.2) is 14.7 Å². The van der Waals surface area contributed by atoms with Crippen molar-refractivity contribution in [2.24, 2.45) is 0 Å². The zero-order valence-corrected chi connectivity index (χ0v) is 5.55. The van der Waals surface area contributed by atoms with Crippen LogP contribution in [0.15, 0.2) is 0 Å². The van der Waals surface area contributed by atoms with Crippen LogP contribution in [0.4, 0.5) is 4.79 Å². The van der Waals surface area contributed by atoms with Crippen LogP contribution in [0.5, 0.6) is 0 Å². The van der Waals surface area contributed by atoms with Gasteiger partial charge in [-0.15, -0.1) is 0 Å². The summed E-state index contributed by atoms with van der Waals surface area (Å²) in [5, 5.41) is 11.9. The summed E-state index contributed by atoms with van der Waals surface area (Å²) in [5.41, 5.74) is 0. The van der Waals surface area contributed by atoms with Gasteiger partial charge in [-0.3, -0.25) is 0 Å². The molecule has 1 amide bonds. The van der Waals surface area contributed by atoms with Gasteiger partial charge in [0.1, 0.15) is 0 Å². The summed E-state index contributed by atoms with van der Waals surface area (Å²) in [4.78, 5) is 20.0. The number of hydrogen-bond donors (Lipinski definition) is 1. The number of nitrogens with one attached hydrogen (secondary N) is 1. The van der Waals surface area contributed by atoms with Crippen LogP contribution in [0.25, 0.3) is 0 Å². The summed E-state index contributed by atoms with van der Waals surface area (Å²) in [5.74, 6) is -1.41. The van der Waals surface area contributed by atoms with E-state index in [0.717, 1.165) is 0 Å². The van der Waals surface area contributed by atoms with E-state index in [1.54, 1.807) is 6.92 Å². The third-order valence-corrected chi connectivity index (χ3v) is 0.642. The van der Waals surface area contributed by atoms with Crippen LogP contribution >= 0.6 is 0 Å². The van der Waals surface area contributed by atoms with Crippen molar-refractivity contribution < 1.29 is 19.4 Å². The van der Waals surface area contributed by atoms with E-state index in [1.807, 2.05) is 0 Å². The minimum Gasteiger partial charge on any atom is -0.437 e. The van der Waals surface area contributed by atoms with Crippen molar-refractivity contribution in [2.45, 2.75) is 6.92 Å². The van der Waals surface area contributed by atoms with Gasteiger partial charge in [-0.1, -0.05) is 0 Å². The van der Waals surface area contributed by atoms with E-state index in [4.69, 9.17) is 0 Å². The van der Waals surface area contributed by atoms with Gasteiger partial charge >= 0.3 is 12.1 Å². The predicted molar refractivity (Wildman–Crippen MR) is 30.7 cm³/mol. The fourth-order valence-electron chi connectivity index (χ4n) is 0.320. The Morgan fingerprint density at radius 2 is 2.10 bits per heavy atom. The Kier molecular flexibility index (Phi) is 4.02. The van der Waals surface area contributed by atoms with Crippen LogP contribution in [0, 0.1) is 0 Å². The minimum atomic E-state index is -1.41. The molecule has 0 aliphatic heterocycles. The molecule has 0 unspecified atom stereocenters. The minimum absolute atomic E-state index is 0.409. The number of ether oxygens (including phenoxy) is 1. The molecule has 0 bridgehead atoms. The molecule has 0 aliphatic carbocycles. The molecule has 5 heteroatoms. The second-order valence-electron chi connectivity index (χ2n) is 1.48. The standard InChI is InChI=1S/C5H8NO4/c1-2-6-5(9)10-3-4(7)8/h2-3H2,1H3,(H,6,9). The summed E-state index contributed by atoms with van der Waals surface area (Å²) >= 11 is 0. The summed E-state index contributed by atoms with van der Waals surface area (Å²) < 4.78 is 4.13. The van der Waals surface area contributed by atoms with Gasteiger partial charge in [0.15, 0.2) is 6.61 Å². The number of rotatable bonds is 3. The lowest BCUT2D eigenvalue weighted by Crippen LogP contribution is -2.25. The quantitative estimate of drug-likeness (QED) is 0.593. The van der Waals surface area contributed by atoms with Crippen molar-refractivity contribution in [3.05, 3.63) is 0 Å². The molecule has 10 heavy (non-hydrogen) atoms. The predicted octanol–water partition coefficient (Wildman–Crippen LogP) is -0.310. The third-order valence-electron chi connectivity index (χ3n) is 0.642. The molecule has 0 aromatic rings. The van der Waals surface area contributed by atoms with Crippen molar-refractivity contribution in [3.63, 3.8) is 0 Å². The van der Waals surface area contributed by atoms with Gasteiger partial charge in [-0.05, 0) is 6.92 Å². The molecule has 0 saturated heterocycles. The van der Waals surface area contributed by atoms with Crippen LogP contribution in [-0.4, -0.2) is 25.2 Å². The highest BCUT2D eigenvalue weighted by Gasteiger charge is 2.03. The summed E-state index contributed by atoms with van der Waals surface area (Å²) in [6, 6.07) is 0. The molecule has 0 spiro atoms. The number of alkyl carbamates (subject to hydrolysis) is 1. The van der Waals surface area contributed by atoms with E-state index in [0.29, 0.717) is 6.54 Å². The highest BCUT2D eigenvalue weighted by molar-refractivity contribution is 5.73. The first kappa shape index (κ1) is 8.74. The Morgan fingerprint density at radius 3 is 2.50 bits per heavy atom. The fourth-order valence-corrected chi connectivity index (χ4v) is 0.320. The van der Waals surface area contributed by atoms with Gasteiger partial charge in [0.25, 0.3) is 0 Å². The molecule has 0 fully saturated rings. The van der Waals surface area contributed by atoms with E-state index >= 15 is 0 Å². The maximum Gasteiger partial charge on any atom is 0.407 e. The molecule has 0 saturated carbocycles. The molecule has 0 aromatic heterocycles. The zero-order chi connectivity index (χ0) is 7.98. The van der Waals surface area contributed by atoms with Gasteiger partial charge in [0.05, 0.1) is 0 Å². The molecule has 0 rings (SSSR count). The number of carbonyl (C=O) groups is 2. The smallest absolute Gasteiger partial charge is 0.407 e. The fraction of sp³-hybridized carbons (Fsp3) is 0.600. The van der Waals surface area contributed by atoms with Crippen LogP contribution in [0.3, 0.4) is 0 Å². The first-order valence-electron chi connectivity index (χ1n) is 2.77. The molecule has 0 atom stereocenters. The zero-order valence-electron chi connectivity index (χ0n) is 5.55. The van der Waals surface area contributed by atoms with Gasteiger partial charge < -0.3 is 10.1 Å². The second-order valence-corrected chi connectivity index (χ2v) is 1.48. The van der Waals surface area contributed by atoms with Crippen molar-refractivity contribution in [3.8, 4) is 0 Å². The van der Waals surface area contributed by atoms with Crippen LogP contribution in [0.1, 0.15) is 6.92 Å². The Balaban J connectivity index is 3.30. The molecule has 0 heterocycles. The first-order chi connectivity index (χ1) is 4.66. The Hall–Kier alpha value is -1.26. The van der Waals surface area contributed by atoms with Crippen molar-refractivity contribution >= 4 is 12.1 Å². The van der Waals surface area contributed by atoms with Crippen LogP contribution < -0.4 is 5.32 Å². The molecule has 5 nitrogen and oxygen atoms in total. The van der Waals surface area contributed by atoms with Crippen molar-refractivity contribution in [1.29, 1.82) is 0 Å². The normalized spacial score (nSPS) is 8.50. The lowest BCUT2D eigenvalue weighted by Gasteiger charge is -1.99. The molecule has 1 N–H and O–H groups in total. The lowest BCUT2D eigenvalue weighted by atomic mass is 10.7. The average molecular weight is 146 g/mol. The second kappa shape index (κ2) is 4.60. The van der Waals surface area contributed by atoms with Crippen molar-refractivity contribution in [2.75, 3.05) is 13.2 Å². The summed E-state index contributed by atoms with van der Waals surface area (Å²) in [6.07, 6.45) is -0.744. The largest absolute Gasteiger partial charge is 0.437 e. The molecule has 1 radical (unpaired) electrons. The van der Waals surface area contributed by atoms with Crippen LogP contribution in [-0.2, 0) is 14.6 Å². The van der Waals surface area contributed by atoms with E-state index in [1.165, 1.54) is 0 Å². The van der Waals surface area contributed by atoms with Crippen molar-refractivity contribution in [1.82, 2.24) is 5.32 Å². The Labute approximate surface area is 58.0 Å². The topological polar surface area (TPSA) is 75.3 Å². The highest BCUT2D eigenvalue weighted by Crippen LogP contribution is 1.76. The molecule has 0 aromatic carbocycles. The Morgan fingerprint density at radius 1 is 1.50 bits per heavy atom. The van der Waals surface area contributed by atoms with E-state index in [9.17, 15) is 14.7 Å². The highest BCUT2D eigenvalue weighted by atomic mass is 16.6. The number of hydrogen-bond acceptors (Lipinski definition) is 3. The third kappa shape index (κ3) is 4.89. The number of carbonyl (C=O) groups excluding carboxylic acids is 2. The van der Waals surface area contributed by atoms with E-state index < -0.39 is 18.7 Å². The van der Waals surface area contributed by atoms with Gasteiger partial charge in [-0.2, -0.15) is 0 Å². The molecule has 0 aliphatic rings. The molecular weight excluding hydrogens is 138 g/mol.